The topological polar surface area (TPSA) is 62.3 Å². The molecule has 0 bridgehead atoms. The minimum absolute atomic E-state index is 0.701. The van der Waals surface area contributed by atoms with Gasteiger partial charge < -0.3 is 20.3 Å². The number of anilines is 5. The Labute approximate surface area is 169 Å². The summed E-state index contributed by atoms with van der Waals surface area (Å²) in [5, 5.41) is 7.46. The van der Waals surface area contributed by atoms with Crippen LogP contribution in [0.15, 0.2) is 54.9 Å². The van der Waals surface area contributed by atoms with Crippen molar-refractivity contribution in [1.82, 2.24) is 9.97 Å². The number of nitrogens with one attached hydrogen (secondary N) is 2. The molecule has 0 radical (unpaired) electrons. The maximum atomic E-state index is 6.21. The van der Waals surface area contributed by atoms with Crippen molar-refractivity contribution in [3.05, 3.63) is 65.4 Å². The highest BCUT2D eigenvalue weighted by atomic mass is 35.5. The van der Waals surface area contributed by atoms with Gasteiger partial charge in [-0.3, -0.25) is 0 Å². The molecule has 7 heteroatoms. The minimum Gasteiger partial charge on any atom is -0.378 e. The Morgan fingerprint density at radius 3 is 2.39 bits per heavy atom. The van der Waals surface area contributed by atoms with Crippen LogP contribution in [0.25, 0.3) is 0 Å². The number of aromatic nitrogens is 2. The van der Waals surface area contributed by atoms with Gasteiger partial charge in [0.25, 0.3) is 0 Å². The SMILES string of the molecule is Cc1c(Cl)cccc1Nc1cc(Nc2ccccc2N2CCOCC2)ncn1. The average molecular weight is 396 g/mol. The van der Waals surface area contributed by atoms with Crippen molar-refractivity contribution in [2.75, 3.05) is 41.8 Å². The van der Waals surface area contributed by atoms with Crippen LogP contribution in [0.1, 0.15) is 5.56 Å². The lowest BCUT2D eigenvalue weighted by atomic mass is 10.2. The van der Waals surface area contributed by atoms with Crippen molar-refractivity contribution in [3.8, 4) is 0 Å². The number of rotatable bonds is 5. The number of hydrogen-bond acceptors (Lipinski definition) is 6. The van der Waals surface area contributed by atoms with Crippen LogP contribution in [0.3, 0.4) is 0 Å². The number of hydrogen-bond donors (Lipinski definition) is 2. The molecule has 0 spiro atoms. The zero-order chi connectivity index (χ0) is 19.3. The Bertz CT molecular complexity index is 959. The third-order valence-electron chi connectivity index (χ3n) is 4.72. The van der Waals surface area contributed by atoms with Crippen molar-refractivity contribution in [3.63, 3.8) is 0 Å². The van der Waals surface area contributed by atoms with Crippen molar-refractivity contribution in [2.24, 2.45) is 0 Å². The first-order valence-electron chi connectivity index (χ1n) is 9.23. The lowest BCUT2D eigenvalue weighted by molar-refractivity contribution is 0.123. The third kappa shape index (κ3) is 4.18. The van der Waals surface area contributed by atoms with Crippen LogP contribution in [0.4, 0.5) is 28.7 Å². The molecule has 2 heterocycles. The van der Waals surface area contributed by atoms with Crippen molar-refractivity contribution >= 4 is 40.3 Å². The van der Waals surface area contributed by atoms with Crippen LogP contribution < -0.4 is 15.5 Å². The van der Waals surface area contributed by atoms with Crippen LogP contribution in [0.5, 0.6) is 0 Å². The van der Waals surface area contributed by atoms with Crippen molar-refractivity contribution in [2.45, 2.75) is 6.92 Å². The fourth-order valence-electron chi connectivity index (χ4n) is 3.17. The molecule has 4 rings (SSSR count). The first kappa shape index (κ1) is 18.5. The first-order chi connectivity index (χ1) is 13.7. The van der Waals surface area contributed by atoms with Gasteiger partial charge in [0.1, 0.15) is 18.0 Å². The summed E-state index contributed by atoms with van der Waals surface area (Å²) in [5.74, 6) is 1.42. The van der Waals surface area contributed by atoms with Gasteiger partial charge in [0, 0.05) is 29.9 Å². The maximum Gasteiger partial charge on any atom is 0.135 e. The van der Waals surface area contributed by atoms with E-state index in [4.69, 9.17) is 16.3 Å². The maximum absolute atomic E-state index is 6.21. The lowest BCUT2D eigenvalue weighted by Gasteiger charge is -2.30. The molecule has 2 aromatic carbocycles. The van der Waals surface area contributed by atoms with E-state index in [-0.39, 0.29) is 0 Å². The fourth-order valence-corrected chi connectivity index (χ4v) is 3.35. The second kappa shape index (κ2) is 8.46. The molecule has 1 saturated heterocycles. The Morgan fingerprint density at radius 2 is 1.61 bits per heavy atom. The Hall–Kier alpha value is -2.83. The summed E-state index contributed by atoms with van der Waals surface area (Å²) in [6, 6.07) is 15.9. The van der Waals surface area contributed by atoms with Gasteiger partial charge >= 0.3 is 0 Å². The third-order valence-corrected chi connectivity index (χ3v) is 5.13. The predicted octanol–water partition coefficient (Wildman–Crippen LogP) is 4.76. The Morgan fingerprint density at radius 1 is 0.929 bits per heavy atom. The number of nitrogens with zero attached hydrogens (tertiary/aromatic N) is 3. The van der Waals surface area contributed by atoms with Gasteiger partial charge in [-0.15, -0.1) is 0 Å². The highest BCUT2D eigenvalue weighted by Gasteiger charge is 2.15. The van der Waals surface area contributed by atoms with E-state index in [1.165, 1.54) is 0 Å². The van der Waals surface area contributed by atoms with E-state index in [0.717, 1.165) is 59.8 Å². The molecule has 6 nitrogen and oxygen atoms in total. The van der Waals surface area contributed by atoms with Gasteiger partial charge in [0.15, 0.2) is 0 Å². The fraction of sp³-hybridized carbons (Fsp3) is 0.238. The predicted molar refractivity (Wildman–Crippen MR) is 114 cm³/mol. The molecule has 0 aliphatic carbocycles. The minimum atomic E-state index is 0.701. The van der Waals surface area contributed by atoms with Crippen LogP contribution in [-0.2, 0) is 4.74 Å². The molecule has 28 heavy (non-hydrogen) atoms. The molecule has 144 valence electrons. The number of para-hydroxylation sites is 2. The molecule has 1 aliphatic rings. The lowest BCUT2D eigenvalue weighted by Crippen LogP contribution is -2.36. The zero-order valence-electron chi connectivity index (χ0n) is 15.7. The largest absolute Gasteiger partial charge is 0.378 e. The summed E-state index contributed by atoms with van der Waals surface area (Å²) >= 11 is 6.21. The second-order valence-electron chi connectivity index (χ2n) is 6.57. The van der Waals surface area contributed by atoms with Gasteiger partial charge in [-0.2, -0.15) is 0 Å². The number of halogens is 1. The highest BCUT2D eigenvalue weighted by Crippen LogP contribution is 2.30. The molecule has 1 fully saturated rings. The van der Waals surface area contributed by atoms with Gasteiger partial charge in [0.05, 0.1) is 24.6 Å². The average Bonchev–Trinajstić information content (AvgIpc) is 2.73. The monoisotopic (exact) mass is 395 g/mol. The van der Waals surface area contributed by atoms with Crippen molar-refractivity contribution < 1.29 is 4.74 Å². The summed E-state index contributed by atoms with van der Waals surface area (Å²) in [4.78, 5) is 11.0. The van der Waals surface area contributed by atoms with E-state index in [2.05, 4.69) is 37.6 Å². The van der Waals surface area contributed by atoms with E-state index in [9.17, 15) is 0 Å². The Balaban J connectivity index is 1.55. The summed E-state index contributed by atoms with van der Waals surface area (Å²) in [6.45, 7) is 5.22. The zero-order valence-corrected chi connectivity index (χ0v) is 16.4. The molecule has 3 aromatic rings. The molecular formula is C21H22ClN5O. The number of ether oxygens (including phenoxy) is 1. The summed E-state index contributed by atoms with van der Waals surface area (Å²) < 4.78 is 5.47. The molecule has 1 aliphatic heterocycles. The highest BCUT2D eigenvalue weighted by molar-refractivity contribution is 6.31. The van der Waals surface area contributed by atoms with E-state index in [1.54, 1.807) is 6.33 Å². The van der Waals surface area contributed by atoms with Crippen LogP contribution in [0.2, 0.25) is 5.02 Å². The smallest absolute Gasteiger partial charge is 0.135 e. The van der Waals surface area contributed by atoms with E-state index >= 15 is 0 Å². The van der Waals surface area contributed by atoms with Gasteiger partial charge in [-0.1, -0.05) is 29.8 Å². The van der Waals surface area contributed by atoms with E-state index in [1.807, 2.05) is 43.3 Å². The first-order valence-corrected chi connectivity index (χ1v) is 9.61. The van der Waals surface area contributed by atoms with Crippen LogP contribution in [-0.4, -0.2) is 36.3 Å². The molecule has 0 unspecified atom stereocenters. The molecule has 0 saturated carbocycles. The molecule has 0 atom stereocenters. The van der Waals surface area contributed by atoms with Gasteiger partial charge in [-0.05, 0) is 36.8 Å². The molecular weight excluding hydrogens is 374 g/mol. The van der Waals surface area contributed by atoms with Gasteiger partial charge in [0.2, 0.25) is 0 Å². The number of benzene rings is 2. The van der Waals surface area contributed by atoms with Crippen molar-refractivity contribution in [1.29, 1.82) is 0 Å². The Kier molecular flexibility index (Phi) is 5.60. The number of morpholine rings is 1. The van der Waals surface area contributed by atoms with E-state index < -0.39 is 0 Å². The quantitative estimate of drug-likeness (QED) is 0.649. The molecule has 2 N–H and O–H groups in total. The van der Waals surface area contributed by atoms with Crippen LogP contribution in [0, 0.1) is 6.92 Å². The van der Waals surface area contributed by atoms with Crippen LogP contribution >= 0.6 is 11.6 Å². The van der Waals surface area contributed by atoms with E-state index in [0.29, 0.717) is 5.82 Å². The summed E-state index contributed by atoms with van der Waals surface area (Å²) in [5.41, 5.74) is 4.05. The summed E-state index contributed by atoms with van der Waals surface area (Å²) in [7, 11) is 0. The normalized spacial score (nSPS) is 14.0. The van der Waals surface area contributed by atoms with Gasteiger partial charge in [-0.25, -0.2) is 9.97 Å². The molecule has 0 amide bonds. The molecule has 1 aromatic heterocycles. The summed E-state index contributed by atoms with van der Waals surface area (Å²) in [6.07, 6.45) is 1.54. The standard InChI is InChI=1S/C21H22ClN5O/c1-15-16(22)5-4-7-17(15)25-20-13-21(24-14-23-20)26-18-6-2-3-8-19(18)27-9-11-28-12-10-27/h2-8,13-14H,9-12H2,1H3,(H2,23,24,25,26). The second-order valence-corrected chi connectivity index (χ2v) is 6.97.